The number of rotatable bonds is 1. The summed E-state index contributed by atoms with van der Waals surface area (Å²) in [5.41, 5.74) is 0.602. The summed E-state index contributed by atoms with van der Waals surface area (Å²) >= 11 is 9.33. The molecule has 1 fully saturated rings. The fraction of sp³-hybridized carbons (Fsp3) is 0.462. The maximum absolute atomic E-state index is 12.4. The Balaban J connectivity index is 2.31. The number of benzene rings is 1. The van der Waals surface area contributed by atoms with E-state index in [1.165, 1.54) is 0 Å². The topological polar surface area (TPSA) is 20.3 Å². The first kappa shape index (κ1) is 12.9. The summed E-state index contributed by atoms with van der Waals surface area (Å²) in [5, 5.41) is 0.583. The summed E-state index contributed by atoms with van der Waals surface area (Å²) in [6.07, 6.45) is 2.13. The Labute approximate surface area is 115 Å². The van der Waals surface area contributed by atoms with E-state index in [0.717, 1.165) is 23.9 Å². The van der Waals surface area contributed by atoms with Gasteiger partial charge in [-0.25, -0.2) is 0 Å². The van der Waals surface area contributed by atoms with Crippen molar-refractivity contribution in [1.82, 2.24) is 4.90 Å². The number of likely N-dealkylation sites (tertiary alicyclic amines) is 1. The van der Waals surface area contributed by atoms with Crippen LogP contribution in [0.3, 0.4) is 0 Å². The summed E-state index contributed by atoms with van der Waals surface area (Å²) in [4.78, 5) is 14.3. The molecule has 1 amide bonds. The minimum absolute atomic E-state index is 0.0497. The second-order valence-corrected chi connectivity index (χ2v) is 6.38. The van der Waals surface area contributed by atoms with E-state index < -0.39 is 0 Å². The molecule has 1 heterocycles. The highest BCUT2D eigenvalue weighted by Gasteiger charge is 2.35. The predicted octanol–water partition coefficient (Wildman–Crippen LogP) is 4.12. The van der Waals surface area contributed by atoms with Crippen molar-refractivity contribution >= 4 is 33.4 Å². The number of hydrogen-bond acceptors (Lipinski definition) is 1. The Kier molecular flexibility index (Phi) is 3.50. The summed E-state index contributed by atoms with van der Waals surface area (Å²) < 4.78 is 0.838. The van der Waals surface area contributed by atoms with E-state index in [4.69, 9.17) is 11.6 Å². The number of hydrogen-bond donors (Lipinski definition) is 0. The molecule has 1 aliphatic heterocycles. The smallest absolute Gasteiger partial charge is 0.254 e. The van der Waals surface area contributed by atoms with Gasteiger partial charge in [-0.05, 0) is 44.9 Å². The molecule has 0 aliphatic carbocycles. The Morgan fingerprint density at radius 3 is 2.65 bits per heavy atom. The van der Waals surface area contributed by atoms with E-state index >= 15 is 0 Å². The summed E-state index contributed by atoms with van der Waals surface area (Å²) in [6, 6.07) is 5.33. The zero-order valence-corrected chi connectivity index (χ0v) is 12.3. The number of carbonyl (C=O) groups excluding carboxylic acids is 1. The standard InChI is InChI=1S/C13H15BrClNO/c1-13(2)4-3-5-16(13)12(17)9-6-10(14)8-11(15)7-9/h6-8H,3-5H2,1-2H3. The van der Waals surface area contributed by atoms with Crippen molar-refractivity contribution in [2.45, 2.75) is 32.2 Å². The summed E-state index contributed by atoms with van der Waals surface area (Å²) in [6.45, 7) is 5.05. The molecule has 0 bridgehead atoms. The van der Waals surface area contributed by atoms with Gasteiger partial charge in [0.15, 0.2) is 0 Å². The van der Waals surface area contributed by atoms with Gasteiger partial charge in [0.2, 0.25) is 0 Å². The number of halogens is 2. The monoisotopic (exact) mass is 315 g/mol. The molecule has 0 saturated carbocycles. The third-order valence-corrected chi connectivity index (χ3v) is 3.93. The van der Waals surface area contributed by atoms with Crippen LogP contribution in [0.25, 0.3) is 0 Å². The molecule has 2 rings (SSSR count). The Hall–Kier alpha value is -0.540. The first-order valence-electron chi connectivity index (χ1n) is 5.68. The van der Waals surface area contributed by atoms with Gasteiger partial charge in [-0.3, -0.25) is 4.79 Å². The number of nitrogens with zero attached hydrogens (tertiary/aromatic N) is 1. The van der Waals surface area contributed by atoms with Gasteiger partial charge in [0.05, 0.1) is 0 Å². The van der Waals surface area contributed by atoms with E-state index in [0.29, 0.717) is 10.6 Å². The van der Waals surface area contributed by atoms with Crippen LogP contribution in [-0.4, -0.2) is 22.9 Å². The highest BCUT2D eigenvalue weighted by Crippen LogP contribution is 2.30. The molecule has 0 radical (unpaired) electrons. The van der Waals surface area contributed by atoms with E-state index in [-0.39, 0.29) is 11.4 Å². The Morgan fingerprint density at radius 1 is 1.41 bits per heavy atom. The van der Waals surface area contributed by atoms with Crippen LogP contribution in [0.2, 0.25) is 5.02 Å². The molecule has 92 valence electrons. The molecule has 17 heavy (non-hydrogen) atoms. The lowest BCUT2D eigenvalue weighted by Crippen LogP contribution is -2.42. The molecule has 0 aromatic heterocycles. The highest BCUT2D eigenvalue weighted by atomic mass is 79.9. The molecule has 1 aromatic carbocycles. The molecule has 2 nitrogen and oxygen atoms in total. The molecular weight excluding hydrogens is 302 g/mol. The van der Waals surface area contributed by atoms with Crippen LogP contribution in [0.15, 0.2) is 22.7 Å². The summed E-state index contributed by atoms with van der Waals surface area (Å²) in [5.74, 6) is 0.0655. The van der Waals surface area contributed by atoms with Gasteiger partial charge in [-0.2, -0.15) is 0 Å². The maximum atomic E-state index is 12.4. The lowest BCUT2D eigenvalue weighted by Gasteiger charge is -2.31. The first-order valence-corrected chi connectivity index (χ1v) is 6.85. The van der Waals surface area contributed by atoms with Crippen molar-refractivity contribution in [1.29, 1.82) is 0 Å². The van der Waals surface area contributed by atoms with Gasteiger partial charge in [0, 0.05) is 27.1 Å². The largest absolute Gasteiger partial charge is 0.334 e. The fourth-order valence-corrected chi connectivity index (χ4v) is 3.18. The van der Waals surface area contributed by atoms with E-state index in [1.807, 2.05) is 11.0 Å². The van der Waals surface area contributed by atoms with Gasteiger partial charge in [0.1, 0.15) is 0 Å². The van der Waals surface area contributed by atoms with E-state index in [9.17, 15) is 4.79 Å². The van der Waals surface area contributed by atoms with Crippen LogP contribution in [-0.2, 0) is 0 Å². The third kappa shape index (κ3) is 2.66. The molecule has 0 spiro atoms. The van der Waals surface area contributed by atoms with Crippen LogP contribution < -0.4 is 0 Å². The van der Waals surface area contributed by atoms with Crippen molar-refractivity contribution in [3.8, 4) is 0 Å². The predicted molar refractivity (Wildman–Crippen MR) is 73.5 cm³/mol. The Bertz CT molecular complexity index is 438. The molecule has 0 N–H and O–H groups in total. The average molecular weight is 317 g/mol. The zero-order chi connectivity index (χ0) is 12.6. The Morgan fingerprint density at radius 2 is 2.12 bits per heavy atom. The van der Waals surface area contributed by atoms with Crippen LogP contribution in [0.4, 0.5) is 0 Å². The van der Waals surface area contributed by atoms with Gasteiger partial charge in [-0.1, -0.05) is 27.5 Å². The van der Waals surface area contributed by atoms with Crippen LogP contribution >= 0.6 is 27.5 Å². The molecule has 1 saturated heterocycles. The summed E-state index contributed by atoms with van der Waals surface area (Å²) in [7, 11) is 0. The van der Waals surface area contributed by atoms with Crippen LogP contribution in [0.1, 0.15) is 37.0 Å². The molecular formula is C13H15BrClNO. The second-order valence-electron chi connectivity index (χ2n) is 5.03. The van der Waals surface area contributed by atoms with Crippen molar-refractivity contribution in [3.05, 3.63) is 33.3 Å². The third-order valence-electron chi connectivity index (χ3n) is 3.26. The fourth-order valence-electron chi connectivity index (χ4n) is 2.32. The van der Waals surface area contributed by atoms with Gasteiger partial charge in [-0.15, -0.1) is 0 Å². The van der Waals surface area contributed by atoms with Crippen LogP contribution in [0, 0.1) is 0 Å². The SMILES string of the molecule is CC1(C)CCCN1C(=O)c1cc(Cl)cc(Br)c1. The van der Waals surface area contributed by atoms with E-state index in [1.54, 1.807) is 12.1 Å². The minimum Gasteiger partial charge on any atom is -0.334 e. The van der Waals surface area contributed by atoms with Crippen molar-refractivity contribution in [3.63, 3.8) is 0 Å². The zero-order valence-electron chi connectivity index (χ0n) is 9.96. The van der Waals surface area contributed by atoms with Gasteiger partial charge < -0.3 is 4.90 Å². The number of amides is 1. The van der Waals surface area contributed by atoms with Crippen molar-refractivity contribution in [2.24, 2.45) is 0 Å². The van der Waals surface area contributed by atoms with Crippen LogP contribution in [0.5, 0.6) is 0 Å². The van der Waals surface area contributed by atoms with E-state index in [2.05, 4.69) is 29.8 Å². The van der Waals surface area contributed by atoms with Crippen molar-refractivity contribution < 1.29 is 4.79 Å². The molecule has 0 atom stereocenters. The van der Waals surface area contributed by atoms with Gasteiger partial charge >= 0.3 is 0 Å². The minimum atomic E-state index is -0.0497. The van der Waals surface area contributed by atoms with Gasteiger partial charge in [0.25, 0.3) is 5.91 Å². The maximum Gasteiger partial charge on any atom is 0.254 e. The first-order chi connectivity index (χ1) is 7.90. The lowest BCUT2D eigenvalue weighted by atomic mass is 10.0. The quantitative estimate of drug-likeness (QED) is 0.763. The lowest BCUT2D eigenvalue weighted by molar-refractivity contribution is 0.0652. The molecule has 4 heteroatoms. The second kappa shape index (κ2) is 4.62. The van der Waals surface area contributed by atoms with Crippen molar-refractivity contribution in [2.75, 3.05) is 6.54 Å². The molecule has 1 aromatic rings. The molecule has 1 aliphatic rings. The normalized spacial score (nSPS) is 18.5. The average Bonchev–Trinajstić information content (AvgIpc) is 2.55. The highest BCUT2D eigenvalue weighted by molar-refractivity contribution is 9.10. The number of carbonyl (C=O) groups is 1. The molecule has 0 unspecified atom stereocenters.